The van der Waals surface area contributed by atoms with E-state index in [0.717, 1.165) is 38.5 Å². The van der Waals surface area contributed by atoms with Crippen molar-refractivity contribution in [3.63, 3.8) is 0 Å². The Balaban J connectivity index is 1.42. The summed E-state index contributed by atoms with van der Waals surface area (Å²) in [5, 5.41) is 20.4. The molecule has 3 aliphatic rings. The number of allylic oxidation sites excluding steroid dienone is 1. The predicted octanol–water partition coefficient (Wildman–Crippen LogP) is 3.76. The van der Waals surface area contributed by atoms with Gasteiger partial charge in [-0.05, 0) is 76.0 Å². The summed E-state index contributed by atoms with van der Waals surface area (Å²) in [6.07, 6.45) is 14.9. The SMILES string of the molecule is CCOC(=O)C(O)CCC1CC[C@@H]2[C@@H](C=CC(O)C3CCCCC3)CC[C@H]2O1. The summed E-state index contributed by atoms with van der Waals surface area (Å²) in [6, 6.07) is 0. The average molecular weight is 395 g/mol. The van der Waals surface area contributed by atoms with Crippen molar-refractivity contribution in [2.24, 2.45) is 17.8 Å². The molecule has 5 nitrogen and oxygen atoms in total. The average Bonchev–Trinajstić information content (AvgIpc) is 3.13. The third-order valence-electron chi connectivity index (χ3n) is 7.01. The number of carbonyl (C=O) groups is 1. The molecule has 1 aliphatic heterocycles. The van der Waals surface area contributed by atoms with E-state index in [1.165, 1.54) is 19.3 Å². The maximum atomic E-state index is 11.5. The lowest BCUT2D eigenvalue weighted by atomic mass is 9.83. The van der Waals surface area contributed by atoms with Gasteiger partial charge in [0.25, 0.3) is 0 Å². The van der Waals surface area contributed by atoms with Gasteiger partial charge >= 0.3 is 5.97 Å². The number of hydrogen-bond donors (Lipinski definition) is 2. The number of carbonyl (C=O) groups excluding carboxylic acids is 1. The summed E-state index contributed by atoms with van der Waals surface area (Å²) in [5.41, 5.74) is 0. The van der Waals surface area contributed by atoms with Gasteiger partial charge in [0, 0.05) is 0 Å². The second-order valence-electron chi connectivity index (χ2n) is 8.90. The van der Waals surface area contributed by atoms with Gasteiger partial charge in [-0.25, -0.2) is 4.79 Å². The maximum Gasteiger partial charge on any atom is 0.334 e. The van der Waals surface area contributed by atoms with Crippen molar-refractivity contribution >= 4 is 5.97 Å². The van der Waals surface area contributed by atoms with E-state index < -0.39 is 12.1 Å². The van der Waals surface area contributed by atoms with Crippen molar-refractivity contribution in [3.8, 4) is 0 Å². The highest BCUT2D eigenvalue weighted by Gasteiger charge is 2.40. The molecule has 0 amide bonds. The maximum absolute atomic E-state index is 11.5. The molecule has 6 atom stereocenters. The molecule has 3 unspecified atom stereocenters. The highest BCUT2D eigenvalue weighted by Crippen LogP contribution is 2.43. The first-order valence-corrected chi connectivity index (χ1v) is 11.4. The van der Waals surface area contributed by atoms with E-state index in [4.69, 9.17) is 9.47 Å². The molecule has 5 heteroatoms. The monoisotopic (exact) mass is 394 g/mol. The fourth-order valence-corrected chi connectivity index (χ4v) is 5.36. The van der Waals surface area contributed by atoms with Gasteiger partial charge in [0.2, 0.25) is 0 Å². The summed E-state index contributed by atoms with van der Waals surface area (Å²) in [4.78, 5) is 11.5. The van der Waals surface area contributed by atoms with Gasteiger partial charge in [0.1, 0.15) is 0 Å². The van der Waals surface area contributed by atoms with Crippen molar-refractivity contribution in [1.82, 2.24) is 0 Å². The van der Waals surface area contributed by atoms with Crippen molar-refractivity contribution in [1.29, 1.82) is 0 Å². The Morgan fingerprint density at radius 1 is 1.11 bits per heavy atom. The largest absolute Gasteiger partial charge is 0.464 e. The highest BCUT2D eigenvalue weighted by atomic mass is 16.5. The van der Waals surface area contributed by atoms with E-state index in [2.05, 4.69) is 12.2 Å². The van der Waals surface area contributed by atoms with Gasteiger partial charge in [0.15, 0.2) is 6.10 Å². The summed E-state index contributed by atoms with van der Waals surface area (Å²) in [7, 11) is 0. The van der Waals surface area contributed by atoms with Crippen LogP contribution in [0.15, 0.2) is 12.2 Å². The molecule has 0 bridgehead atoms. The predicted molar refractivity (Wildman–Crippen MR) is 108 cm³/mol. The minimum absolute atomic E-state index is 0.126. The van der Waals surface area contributed by atoms with Crippen LogP contribution >= 0.6 is 0 Å². The first-order valence-electron chi connectivity index (χ1n) is 11.4. The van der Waals surface area contributed by atoms with E-state index >= 15 is 0 Å². The summed E-state index contributed by atoms with van der Waals surface area (Å²) in [6.45, 7) is 2.04. The lowest BCUT2D eigenvalue weighted by molar-refractivity contribution is -0.154. The molecule has 0 radical (unpaired) electrons. The van der Waals surface area contributed by atoms with Gasteiger partial charge < -0.3 is 19.7 Å². The van der Waals surface area contributed by atoms with Crippen molar-refractivity contribution in [3.05, 3.63) is 12.2 Å². The standard InChI is InChI=1S/C23H38O5/c1-2-27-23(26)21(25)14-11-18-10-12-19-16(9-15-22(19)28-18)8-13-20(24)17-6-4-3-5-7-17/h8,13,16-22,24-25H,2-7,9-12,14-15H2,1H3/t16-,18?,19+,20?,21?,22+/m0/s1. The van der Waals surface area contributed by atoms with Crippen LogP contribution in [-0.2, 0) is 14.3 Å². The number of rotatable bonds is 8. The summed E-state index contributed by atoms with van der Waals surface area (Å²) < 4.78 is 11.2. The smallest absolute Gasteiger partial charge is 0.334 e. The minimum Gasteiger partial charge on any atom is -0.464 e. The van der Waals surface area contributed by atoms with Gasteiger partial charge in [-0.2, -0.15) is 0 Å². The highest BCUT2D eigenvalue weighted by molar-refractivity contribution is 5.74. The van der Waals surface area contributed by atoms with Crippen LogP contribution in [0.1, 0.15) is 77.6 Å². The van der Waals surface area contributed by atoms with Crippen LogP contribution in [0.3, 0.4) is 0 Å². The normalized spacial score (nSPS) is 33.5. The third kappa shape index (κ3) is 5.80. The quantitative estimate of drug-likeness (QED) is 0.484. The number of fused-ring (bicyclic) bond motifs is 1. The number of hydrogen-bond acceptors (Lipinski definition) is 5. The second kappa shape index (κ2) is 10.7. The molecule has 3 fully saturated rings. The number of ether oxygens (including phenoxy) is 2. The summed E-state index contributed by atoms with van der Waals surface area (Å²) >= 11 is 0. The van der Waals surface area contributed by atoms with Crippen LogP contribution in [0.4, 0.5) is 0 Å². The molecule has 1 heterocycles. The van der Waals surface area contributed by atoms with E-state index in [1.807, 2.05) is 0 Å². The molecule has 28 heavy (non-hydrogen) atoms. The van der Waals surface area contributed by atoms with Gasteiger partial charge in [0.05, 0.1) is 24.9 Å². The first kappa shape index (κ1) is 21.8. The fourth-order valence-electron chi connectivity index (χ4n) is 5.36. The van der Waals surface area contributed by atoms with Gasteiger partial charge in [-0.3, -0.25) is 0 Å². The van der Waals surface area contributed by atoms with E-state index in [1.54, 1.807) is 6.92 Å². The zero-order chi connectivity index (χ0) is 19.9. The molecule has 0 aromatic rings. The molecule has 0 aromatic carbocycles. The van der Waals surface area contributed by atoms with Crippen LogP contribution in [0.5, 0.6) is 0 Å². The zero-order valence-corrected chi connectivity index (χ0v) is 17.3. The molecule has 1 saturated heterocycles. The Kier molecular flexibility index (Phi) is 8.36. The second-order valence-corrected chi connectivity index (χ2v) is 8.90. The van der Waals surface area contributed by atoms with Crippen LogP contribution in [0.2, 0.25) is 0 Å². The minimum atomic E-state index is -1.04. The molecule has 2 N–H and O–H groups in total. The Labute approximate surface area is 169 Å². The van der Waals surface area contributed by atoms with Crippen LogP contribution < -0.4 is 0 Å². The van der Waals surface area contributed by atoms with E-state index in [-0.39, 0.29) is 18.3 Å². The van der Waals surface area contributed by atoms with Gasteiger partial charge in [-0.1, -0.05) is 31.4 Å². The molecule has 2 aliphatic carbocycles. The number of aliphatic hydroxyl groups is 2. The van der Waals surface area contributed by atoms with E-state index in [9.17, 15) is 15.0 Å². The van der Waals surface area contributed by atoms with Crippen LogP contribution in [0, 0.1) is 17.8 Å². The zero-order valence-electron chi connectivity index (χ0n) is 17.3. The lowest BCUT2D eigenvalue weighted by Crippen LogP contribution is -2.35. The van der Waals surface area contributed by atoms with E-state index in [0.29, 0.717) is 37.2 Å². The molecule has 160 valence electrons. The number of esters is 1. The summed E-state index contributed by atoms with van der Waals surface area (Å²) in [5.74, 6) is 0.967. The van der Waals surface area contributed by atoms with Crippen LogP contribution in [-0.4, -0.2) is 47.2 Å². The Morgan fingerprint density at radius 3 is 2.64 bits per heavy atom. The Morgan fingerprint density at radius 2 is 1.89 bits per heavy atom. The lowest BCUT2D eigenvalue weighted by Gasteiger charge is -2.34. The molecule has 2 saturated carbocycles. The van der Waals surface area contributed by atoms with Crippen LogP contribution in [0.25, 0.3) is 0 Å². The van der Waals surface area contributed by atoms with Gasteiger partial charge in [-0.15, -0.1) is 0 Å². The number of aliphatic hydroxyl groups excluding tert-OH is 2. The molecule has 0 spiro atoms. The molecular weight excluding hydrogens is 356 g/mol. The molecular formula is C23H38O5. The molecule has 3 rings (SSSR count). The van der Waals surface area contributed by atoms with Crippen molar-refractivity contribution in [2.45, 2.75) is 102 Å². The Hall–Kier alpha value is -0.910. The Bertz CT molecular complexity index is 513. The fraction of sp³-hybridized carbons (Fsp3) is 0.870. The van der Waals surface area contributed by atoms with Crippen molar-refractivity contribution < 1.29 is 24.5 Å². The molecule has 0 aromatic heterocycles. The van der Waals surface area contributed by atoms with Crippen molar-refractivity contribution in [2.75, 3.05) is 6.61 Å². The first-order chi connectivity index (χ1) is 13.6. The third-order valence-corrected chi connectivity index (χ3v) is 7.01. The topological polar surface area (TPSA) is 76.0 Å².